The van der Waals surface area contributed by atoms with E-state index in [1.165, 1.54) is 6.07 Å². The molecule has 1 rings (SSSR count). The SMILES string of the molecule is N#CCC1OS(=O)(=O)CS(=O)(=O)O1. The van der Waals surface area contributed by atoms with E-state index in [1.54, 1.807) is 0 Å². The maximum absolute atomic E-state index is 10.8. The molecule has 74 valence electrons. The molecule has 7 nitrogen and oxygen atoms in total. The Morgan fingerprint density at radius 3 is 2.08 bits per heavy atom. The van der Waals surface area contributed by atoms with Crippen LogP contribution in [0.2, 0.25) is 0 Å². The summed E-state index contributed by atoms with van der Waals surface area (Å²) >= 11 is 0. The number of hydrogen-bond acceptors (Lipinski definition) is 7. The standard InChI is InChI=1S/C4H5NO6S2/c5-2-1-4-10-12(6,7)3-13(8,9)11-4/h4H,1,3H2. The number of nitrogens with zero attached hydrogens (tertiary/aromatic N) is 1. The molecule has 0 N–H and O–H groups in total. The number of hydrogen-bond donors (Lipinski definition) is 0. The molecular weight excluding hydrogens is 222 g/mol. The van der Waals surface area contributed by atoms with Crippen molar-refractivity contribution in [2.24, 2.45) is 0 Å². The van der Waals surface area contributed by atoms with E-state index in [0.717, 1.165) is 0 Å². The molecular formula is C4H5NO6S2. The first-order chi connectivity index (χ1) is 5.85. The van der Waals surface area contributed by atoms with Crippen LogP contribution < -0.4 is 0 Å². The summed E-state index contributed by atoms with van der Waals surface area (Å²) in [5.74, 6) is 0. The van der Waals surface area contributed by atoms with Gasteiger partial charge in [-0.15, -0.1) is 0 Å². The molecule has 1 fully saturated rings. The smallest absolute Gasteiger partial charge is 0.235 e. The third kappa shape index (κ3) is 2.92. The van der Waals surface area contributed by atoms with E-state index in [9.17, 15) is 16.8 Å². The average Bonchev–Trinajstić information content (AvgIpc) is 1.78. The van der Waals surface area contributed by atoms with Crippen LogP contribution >= 0.6 is 0 Å². The monoisotopic (exact) mass is 227 g/mol. The molecule has 0 aliphatic carbocycles. The van der Waals surface area contributed by atoms with Crippen LogP contribution in [0, 0.1) is 11.3 Å². The van der Waals surface area contributed by atoms with Gasteiger partial charge in [0.25, 0.3) is 20.2 Å². The number of rotatable bonds is 1. The van der Waals surface area contributed by atoms with E-state index < -0.39 is 38.0 Å². The third-order valence-electron chi connectivity index (χ3n) is 1.05. The van der Waals surface area contributed by atoms with Crippen molar-refractivity contribution in [2.45, 2.75) is 12.7 Å². The first-order valence-electron chi connectivity index (χ1n) is 3.03. The van der Waals surface area contributed by atoms with Crippen molar-refractivity contribution in [3.05, 3.63) is 0 Å². The molecule has 0 aromatic rings. The highest BCUT2D eigenvalue weighted by Gasteiger charge is 2.36. The lowest BCUT2D eigenvalue weighted by Gasteiger charge is -2.19. The molecule has 1 aliphatic rings. The summed E-state index contributed by atoms with van der Waals surface area (Å²) in [5, 5.41) is 6.95. The first-order valence-corrected chi connectivity index (χ1v) is 6.19. The van der Waals surface area contributed by atoms with Crippen molar-refractivity contribution in [3.63, 3.8) is 0 Å². The number of nitriles is 1. The summed E-state index contributed by atoms with van der Waals surface area (Å²) in [7, 11) is -8.25. The molecule has 9 heteroatoms. The van der Waals surface area contributed by atoms with E-state index in [2.05, 4.69) is 8.37 Å². The van der Waals surface area contributed by atoms with Gasteiger partial charge in [-0.1, -0.05) is 0 Å². The van der Waals surface area contributed by atoms with Gasteiger partial charge in [0.15, 0.2) is 0 Å². The fraction of sp³-hybridized carbons (Fsp3) is 0.750. The van der Waals surface area contributed by atoms with Gasteiger partial charge in [-0.3, -0.25) is 0 Å². The van der Waals surface area contributed by atoms with E-state index in [1.807, 2.05) is 0 Å². The van der Waals surface area contributed by atoms with Gasteiger partial charge in [0.05, 0.1) is 12.5 Å². The van der Waals surface area contributed by atoms with Crippen molar-refractivity contribution >= 4 is 20.2 Å². The molecule has 0 unspecified atom stereocenters. The molecule has 0 aromatic heterocycles. The predicted octanol–water partition coefficient (Wildman–Crippen LogP) is -1.11. The summed E-state index contributed by atoms with van der Waals surface area (Å²) in [6, 6.07) is 1.53. The molecule has 13 heavy (non-hydrogen) atoms. The van der Waals surface area contributed by atoms with Crippen LogP contribution in [0.1, 0.15) is 6.42 Å². The van der Waals surface area contributed by atoms with E-state index in [0.29, 0.717) is 0 Å². The zero-order valence-electron chi connectivity index (χ0n) is 6.20. The van der Waals surface area contributed by atoms with Crippen LogP contribution in [0.5, 0.6) is 0 Å². The maximum Gasteiger partial charge on any atom is 0.286 e. The molecule has 0 bridgehead atoms. The van der Waals surface area contributed by atoms with Crippen molar-refractivity contribution in [2.75, 3.05) is 5.08 Å². The Balaban J connectivity index is 2.93. The van der Waals surface area contributed by atoms with Crippen molar-refractivity contribution < 1.29 is 25.2 Å². The Hall–Kier alpha value is -0.690. The van der Waals surface area contributed by atoms with Crippen LogP contribution in [-0.2, 0) is 28.6 Å². The lowest BCUT2D eigenvalue weighted by Crippen LogP contribution is -2.35. The highest BCUT2D eigenvalue weighted by molar-refractivity contribution is 8.04. The predicted molar refractivity (Wildman–Crippen MR) is 38.9 cm³/mol. The van der Waals surface area contributed by atoms with Gasteiger partial charge < -0.3 is 0 Å². The summed E-state index contributed by atoms with van der Waals surface area (Å²) < 4.78 is 51.4. The fourth-order valence-corrected chi connectivity index (χ4v) is 3.50. The largest absolute Gasteiger partial charge is 0.286 e. The zero-order chi connectivity index (χ0) is 10.1. The minimum atomic E-state index is -4.13. The second-order valence-corrected chi connectivity index (χ2v) is 5.78. The summed E-state index contributed by atoms with van der Waals surface area (Å²) in [6.45, 7) is 0. The van der Waals surface area contributed by atoms with Crippen molar-refractivity contribution in [1.29, 1.82) is 5.26 Å². The molecule has 0 saturated carbocycles. The van der Waals surface area contributed by atoms with Crippen LogP contribution in [0.25, 0.3) is 0 Å². The van der Waals surface area contributed by atoms with Gasteiger partial charge >= 0.3 is 0 Å². The summed E-state index contributed by atoms with van der Waals surface area (Å²) in [5.41, 5.74) is 0. The van der Waals surface area contributed by atoms with Gasteiger partial charge in [0, 0.05) is 0 Å². The molecule has 1 heterocycles. The van der Waals surface area contributed by atoms with Crippen LogP contribution in [0.15, 0.2) is 0 Å². The lowest BCUT2D eigenvalue weighted by atomic mass is 10.5. The molecule has 0 radical (unpaired) electrons. The van der Waals surface area contributed by atoms with Crippen molar-refractivity contribution in [3.8, 4) is 6.07 Å². The normalized spacial score (nSPS) is 26.4. The van der Waals surface area contributed by atoms with Crippen LogP contribution in [0.4, 0.5) is 0 Å². The minimum absolute atomic E-state index is 0.460. The Kier molecular flexibility index (Phi) is 2.58. The average molecular weight is 227 g/mol. The molecule has 0 aromatic carbocycles. The Morgan fingerprint density at radius 1 is 1.23 bits per heavy atom. The van der Waals surface area contributed by atoms with Gasteiger partial charge in [0.1, 0.15) is 0 Å². The quantitative estimate of drug-likeness (QED) is 0.522. The highest BCUT2D eigenvalue weighted by Crippen LogP contribution is 2.18. The van der Waals surface area contributed by atoms with E-state index in [-0.39, 0.29) is 0 Å². The van der Waals surface area contributed by atoms with Crippen LogP contribution in [-0.4, -0.2) is 28.2 Å². The molecule has 0 atom stereocenters. The van der Waals surface area contributed by atoms with E-state index >= 15 is 0 Å². The fourth-order valence-electron chi connectivity index (χ4n) is 0.718. The Bertz CT molecular complexity index is 394. The second-order valence-electron chi connectivity index (χ2n) is 2.22. The summed E-state index contributed by atoms with van der Waals surface area (Å²) in [4.78, 5) is 0. The molecule has 0 amide bonds. The summed E-state index contributed by atoms with van der Waals surface area (Å²) in [6.07, 6.45) is -2.01. The van der Waals surface area contributed by atoms with Crippen molar-refractivity contribution in [1.82, 2.24) is 0 Å². The second kappa shape index (κ2) is 3.22. The Morgan fingerprint density at radius 2 is 1.69 bits per heavy atom. The van der Waals surface area contributed by atoms with Gasteiger partial charge in [-0.05, 0) is 0 Å². The molecule has 1 aliphatic heterocycles. The first kappa shape index (κ1) is 10.4. The third-order valence-corrected chi connectivity index (χ3v) is 4.38. The zero-order valence-corrected chi connectivity index (χ0v) is 7.84. The van der Waals surface area contributed by atoms with Gasteiger partial charge in [-0.25, -0.2) is 8.37 Å². The highest BCUT2D eigenvalue weighted by atomic mass is 32.3. The van der Waals surface area contributed by atoms with E-state index in [4.69, 9.17) is 5.26 Å². The van der Waals surface area contributed by atoms with Gasteiger partial charge in [-0.2, -0.15) is 22.1 Å². The topological polar surface area (TPSA) is 111 Å². The Labute approximate surface area is 75.1 Å². The molecule has 0 spiro atoms. The molecule has 1 saturated heterocycles. The van der Waals surface area contributed by atoms with Crippen LogP contribution in [0.3, 0.4) is 0 Å². The minimum Gasteiger partial charge on any atom is -0.235 e. The lowest BCUT2D eigenvalue weighted by molar-refractivity contribution is 0.0159. The van der Waals surface area contributed by atoms with Gasteiger partial charge in [0.2, 0.25) is 11.4 Å². The maximum atomic E-state index is 10.8.